The predicted molar refractivity (Wildman–Crippen MR) is 68.8 cm³/mol. The quantitative estimate of drug-likeness (QED) is 0.781. The number of methoxy groups -OCH3 is 1. The summed E-state index contributed by atoms with van der Waals surface area (Å²) in [4.78, 5) is 16.5. The maximum absolute atomic E-state index is 11.4. The monoisotopic (exact) mass is 247 g/mol. The van der Waals surface area contributed by atoms with Gasteiger partial charge >= 0.3 is 0 Å². The Morgan fingerprint density at radius 3 is 2.41 bits per heavy atom. The molecule has 0 saturated heterocycles. The zero-order valence-corrected chi connectivity index (χ0v) is 10.8. The molecule has 0 spiro atoms. The van der Waals surface area contributed by atoms with Crippen LogP contribution in [0.3, 0.4) is 0 Å². The van der Waals surface area contributed by atoms with Crippen molar-refractivity contribution in [3.05, 3.63) is 34.8 Å². The van der Waals surface area contributed by atoms with E-state index in [4.69, 9.17) is 4.74 Å². The summed E-state index contributed by atoms with van der Waals surface area (Å²) in [6.45, 7) is 3.43. The number of carbonyl (C=O) groups excluding carboxylic acids is 1. The summed E-state index contributed by atoms with van der Waals surface area (Å²) in [5, 5.41) is 0.871. The Morgan fingerprint density at radius 1 is 1.29 bits per heavy atom. The van der Waals surface area contributed by atoms with E-state index in [1.165, 1.54) is 11.3 Å². The van der Waals surface area contributed by atoms with Crippen LogP contribution in [0.5, 0.6) is 5.75 Å². The lowest BCUT2D eigenvalue weighted by molar-refractivity contribution is 0.102. The van der Waals surface area contributed by atoms with Crippen LogP contribution in [0.4, 0.5) is 0 Å². The average Bonchev–Trinajstić information content (AvgIpc) is 2.71. The number of ether oxygens (including phenoxy) is 1. The second-order valence-electron chi connectivity index (χ2n) is 3.72. The molecule has 0 N–H and O–H groups in total. The summed E-state index contributed by atoms with van der Waals surface area (Å²) in [5.41, 5.74) is 1.81. The van der Waals surface area contributed by atoms with E-state index in [1.54, 1.807) is 14.0 Å². The first-order chi connectivity index (χ1) is 8.11. The molecule has 0 saturated carbocycles. The number of Topliss-reactive ketones (excluding diaryl/α,β-unsaturated/α-hetero) is 1. The Morgan fingerprint density at radius 2 is 1.94 bits per heavy atom. The fraction of sp³-hybridized carbons (Fsp3) is 0.231. The Kier molecular flexibility index (Phi) is 3.24. The van der Waals surface area contributed by atoms with Crippen molar-refractivity contribution in [2.75, 3.05) is 7.11 Å². The summed E-state index contributed by atoms with van der Waals surface area (Å²) in [6, 6.07) is 7.67. The van der Waals surface area contributed by atoms with Gasteiger partial charge in [-0.1, -0.05) is 0 Å². The van der Waals surface area contributed by atoms with Crippen molar-refractivity contribution in [3.63, 3.8) is 0 Å². The number of thiazole rings is 1. The Bertz CT molecular complexity index is 543. The van der Waals surface area contributed by atoms with Gasteiger partial charge in [0, 0.05) is 12.5 Å². The first kappa shape index (κ1) is 11.8. The molecular weight excluding hydrogens is 234 g/mol. The highest BCUT2D eigenvalue weighted by Gasteiger charge is 2.12. The number of nitrogens with zero attached hydrogens (tertiary/aromatic N) is 1. The number of ketones is 1. The van der Waals surface area contributed by atoms with Gasteiger partial charge in [0.2, 0.25) is 0 Å². The van der Waals surface area contributed by atoms with Crippen LogP contribution in [0.15, 0.2) is 24.3 Å². The van der Waals surface area contributed by atoms with E-state index < -0.39 is 0 Å². The van der Waals surface area contributed by atoms with Gasteiger partial charge < -0.3 is 4.74 Å². The number of carbonyl (C=O) groups is 1. The summed E-state index contributed by atoms with van der Waals surface area (Å²) in [6.07, 6.45) is 0. The second kappa shape index (κ2) is 4.67. The van der Waals surface area contributed by atoms with Crippen molar-refractivity contribution >= 4 is 17.1 Å². The van der Waals surface area contributed by atoms with Crippen LogP contribution >= 0.6 is 11.3 Å². The second-order valence-corrected chi connectivity index (χ2v) is 4.72. The molecule has 17 heavy (non-hydrogen) atoms. The molecule has 0 aliphatic heterocycles. The van der Waals surface area contributed by atoms with Crippen molar-refractivity contribution in [2.45, 2.75) is 13.8 Å². The van der Waals surface area contributed by atoms with Crippen LogP contribution < -0.4 is 4.74 Å². The van der Waals surface area contributed by atoms with E-state index in [9.17, 15) is 4.79 Å². The minimum atomic E-state index is 0.0692. The standard InChI is InChI=1S/C13H13NO2S/c1-8-12(9(2)15)17-13(14-8)10-4-6-11(16-3)7-5-10/h4-7H,1-3H3. The van der Waals surface area contributed by atoms with E-state index in [0.717, 1.165) is 26.9 Å². The van der Waals surface area contributed by atoms with Gasteiger partial charge in [0.15, 0.2) is 5.78 Å². The lowest BCUT2D eigenvalue weighted by Gasteiger charge is -1.99. The van der Waals surface area contributed by atoms with Gasteiger partial charge in [0.25, 0.3) is 0 Å². The third-order valence-electron chi connectivity index (χ3n) is 2.45. The van der Waals surface area contributed by atoms with Gasteiger partial charge in [0.05, 0.1) is 17.7 Å². The predicted octanol–water partition coefficient (Wildman–Crippen LogP) is 3.33. The molecule has 88 valence electrons. The van der Waals surface area contributed by atoms with Gasteiger partial charge in [-0.15, -0.1) is 11.3 Å². The van der Waals surface area contributed by atoms with Crippen LogP contribution in [-0.4, -0.2) is 17.9 Å². The summed E-state index contributed by atoms with van der Waals surface area (Å²) >= 11 is 1.43. The molecule has 1 heterocycles. The number of rotatable bonds is 3. The molecule has 0 bridgehead atoms. The molecule has 0 radical (unpaired) electrons. The van der Waals surface area contributed by atoms with Crippen molar-refractivity contribution < 1.29 is 9.53 Å². The van der Waals surface area contributed by atoms with E-state index in [1.807, 2.05) is 31.2 Å². The molecule has 1 aromatic heterocycles. The molecule has 4 heteroatoms. The van der Waals surface area contributed by atoms with Crippen LogP contribution in [0, 0.1) is 6.92 Å². The summed E-state index contributed by atoms with van der Waals surface area (Å²) in [7, 11) is 1.64. The Labute approximate surface area is 104 Å². The highest BCUT2D eigenvalue weighted by atomic mass is 32.1. The maximum Gasteiger partial charge on any atom is 0.171 e. The minimum Gasteiger partial charge on any atom is -0.497 e. The van der Waals surface area contributed by atoms with Gasteiger partial charge in [-0.25, -0.2) is 4.98 Å². The van der Waals surface area contributed by atoms with E-state index in [2.05, 4.69) is 4.98 Å². The zero-order chi connectivity index (χ0) is 12.4. The van der Waals surface area contributed by atoms with Crippen LogP contribution in [0.1, 0.15) is 22.3 Å². The molecule has 0 unspecified atom stereocenters. The fourth-order valence-corrected chi connectivity index (χ4v) is 2.55. The maximum atomic E-state index is 11.4. The molecule has 2 rings (SSSR count). The molecule has 0 fully saturated rings. The number of hydrogen-bond donors (Lipinski definition) is 0. The van der Waals surface area contributed by atoms with Crippen LogP contribution in [0.25, 0.3) is 10.6 Å². The first-order valence-electron chi connectivity index (χ1n) is 5.24. The smallest absolute Gasteiger partial charge is 0.171 e. The zero-order valence-electron chi connectivity index (χ0n) is 9.98. The Balaban J connectivity index is 2.39. The summed E-state index contributed by atoms with van der Waals surface area (Å²) < 4.78 is 5.10. The third kappa shape index (κ3) is 2.36. The normalized spacial score (nSPS) is 10.3. The van der Waals surface area contributed by atoms with E-state index >= 15 is 0 Å². The highest BCUT2D eigenvalue weighted by Crippen LogP contribution is 2.29. The number of hydrogen-bond acceptors (Lipinski definition) is 4. The van der Waals surface area contributed by atoms with Crippen LogP contribution in [-0.2, 0) is 0 Å². The number of aromatic nitrogens is 1. The van der Waals surface area contributed by atoms with Gasteiger partial charge in [0.1, 0.15) is 10.8 Å². The van der Waals surface area contributed by atoms with Gasteiger partial charge in [-0.3, -0.25) is 4.79 Å². The average molecular weight is 247 g/mol. The largest absolute Gasteiger partial charge is 0.497 e. The van der Waals surface area contributed by atoms with Crippen molar-refractivity contribution in [1.29, 1.82) is 0 Å². The molecule has 0 amide bonds. The topological polar surface area (TPSA) is 39.2 Å². The number of benzene rings is 1. The van der Waals surface area contributed by atoms with Gasteiger partial charge in [-0.2, -0.15) is 0 Å². The summed E-state index contributed by atoms with van der Waals surface area (Å²) in [5.74, 6) is 0.883. The molecular formula is C13H13NO2S. The minimum absolute atomic E-state index is 0.0692. The van der Waals surface area contributed by atoms with Crippen LogP contribution in [0.2, 0.25) is 0 Å². The van der Waals surface area contributed by atoms with E-state index in [-0.39, 0.29) is 5.78 Å². The lowest BCUT2D eigenvalue weighted by atomic mass is 10.2. The molecule has 0 aliphatic rings. The highest BCUT2D eigenvalue weighted by molar-refractivity contribution is 7.17. The molecule has 2 aromatic rings. The van der Waals surface area contributed by atoms with Gasteiger partial charge in [-0.05, 0) is 31.2 Å². The van der Waals surface area contributed by atoms with E-state index in [0.29, 0.717) is 0 Å². The van der Waals surface area contributed by atoms with Crippen molar-refractivity contribution in [2.24, 2.45) is 0 Å². The first-order valence-corrected chi connectivity index (χ1v) is 6.06. The molecule has 0 atom stereocenters. The lowest BCUT2D eigenvalue weighted by Crippen LogP contribution is -1.89. The van der Waals surface area contributed by atoms with Crippen molar-refractivity contribution in [3.8, 4) is 16.3 Å². The molecule has 0 aliphatic carbocycles. The molecule has 1 aromatic carbocycles. The molecule has 3 nitrogen and oxygen atoms in total. The third-order valence-corrected chi connectivity index (χ3v) is 3.76. The fourth-order valence-electron chi connectivity index (χ4n) is 1.58. The number of aryl methyl sites for hydroxylation is 1. The van der Waals surface area contributed by atoms with Crippen molar-refractivity contribution in [1.82, 2.24) is 4.98 Å². The SMILES string of the molecule is COc1ccc(-c2nc(C)c(C(C)=O)s2)cc1. The Hall–Kier alpha value is -1.68.